The Morgan fingerprint density at radius 3 is 2.35 bits per heavy atom. The lowest BCUT2D eigenvalue weighted by Gasteiger charge is -2.13. The SMILES string of the molecule is NC1CCC(c2ccc(C(F)(F)F)c(F)c2)C1. The second kappa shape index (κ2) is 4.29. The Kier molecular flexibility index (Phi) is 3.12. The van der Waals surface area contributed by atoms with Crippen molar-refractivity contribution in [2.24, 2.45) is 5.73 Å². The third-order valence-corrected chi connectivity index (χ3v) is 3.24. The van der Waals surface area contributed by atoms with Gasteiger partial charge in [0.1, 0.15) is 5.82 Å². The third-order valence-electron chi connectivity index (χ3n) is 3.24. The van der Waals surface area contributed by atoms with Crippen molar-refractivity contribution in [1.29, 1.82) is 0 Å². The lowest BCUT2D eigenvalue weighted by molar-refractivity contribution is -0.140. The molecule has 0 bridgehead atoms. The van der Waals surface area contributed by atoms with Crippen LogP contribution >= 0.6 is 0 Å². The highest BCUT2D eigenvalue weighted by Crippen LogP contribution is 2.37. The minimum atomic E-state index is -4.63. The van der Waals surface area contributed by atoms with Crippen LogP contribution in [0, 0.1) is 5.82 Å². The van der Waals surface area contributed by atoms with Crippen molar-refractivity contribution in [2.75, 3.05) is 0 Å². The van der Waals surface area contributed by atoms with Crippen molar-refractivity contribution >= 4 is 0 Å². The summed E-state index contributed by atoms with van der Waals surface area (Å²) in [6, 6.07) is 3.24. The number of benzene rings is 1. The number of hydrogen-bond donors (Lipinski definition) is 1. The Labute approximate surface area is 96.6 Å². The van der Waals surface area contributed by atoms with Crippen LogP contribution in [0.4, 0.5) is 17.6 Å². The zero-order valence-electron chi connectivity index (χ0n) is 9.10. The molecular formula is C12H13F4N. The molecule has 94 valence electrons. The van der Waals surface area contributed by atoms with Crippen LogP contribution in [-0.2, 0) is 6.18 Å². The molecule has 1 aliphatic rings. The smallest absolute Gasteiger partial charge is 0.328 e. The molecule has 0 spiro atoms. The van der Waals surface area contributed by atoms with E-state index in [0.717, 1.165) is 25.0 Å². The zero-order chi connectivity index (χ0) is 12.6. The Bertz CT molecular complexity index is 413. The number of rotatable bonds is 1. The summed E-state index contributed by atoms with van der Waals surface area (Å²) in [7, 11) is 0. The molecular weight excluding hydrogens is 234 g/mol. The van der Waals surface area contributed by atoms with Crippen molar-refractivity contribution in [1.82, 2.24) is 0 Å². The van der Waals surface area contributed by atoms with Gasteiger partial charge in [0.15, 0.2) is 0 Å². The molecule has 5 heteroatoms. The molecule has 2 rings (SSSR count). The van der Waals surface area contributed by atoms with E-state index < -0.39 is 17.6 Å². The summed E-state index contributed by atoms with van der Waals surface area (Å²) in [4.78, 5) is 0. The van der Waals surface area contributed by atoms with Crippen LogP contribution in [0.5, 0.6) is 0 Å². The highest BCUT2D eigenvalue weighted by molar-refractivity contribution is 5.29. The first-order valence-corrected chi connectivity index (χ1v) is 5.50. The van der Waals surface area contributed by atoms with Gasteiger partial charge in [-0.15, -0.1) is 0 Å². The van der Waals surface area contributed by atoms with E-state index in [2.05, 4.69) is 0 Å². The molecule has 2 unspecified atom stereocenters. The molecule has 0 aliphatic heterocycles. The predicted molar refractivity (Wildman–Crippen MR) is 56.0 cm³/mol. The predicted octanol–water partition coefficient (Wildman–Crippen LogP) is 3.44. The van der Waals surface area contributed by atoms with Crippen molar-refractivity contribution in [3.05, 3.63) is 35.1 Å². The summed E-state index contributed by atoms with van der Waals surface area (Å²) >= 11 is 0. The second-order valence-electron chi connectivity index (χ2n) is 4.51. The summed E-state index contributed by atoms with van der Waals surface area (Å²) in [5.41, 5.74) is 5.14. The van der Waals surface area contributed by atoms with E-state index in [4.69, 9.17) is 5.73 Å². The molecule has 1 saturated carbocycles. The molecule has 0 radical (unpaired) electrons. The number of hydrogen-bond acceptors (Lipinski definition) is 1. The first-order valence-electron chi connectivity index (χ1n) is 5.50. The fourth-order valence-electron chi connectivity index (χ4n) is 2.33. The van der Waals surface area contributed by atoms with Gasteiger partial charge in [0.2, 0.25) is 0 Å². The van der Waals surface area contributed by atoms with Crippen molar-refractivity contribution in [3.63, 3.8) is 0 Å². The van der Waals surface area contributed by atoms with Gasteiger partial charge in [0.25, 0.3) is 0 Å². The lowest BCUT2D eigenvalue weighted by atomic mass is 9.96. The number of nitrogens with two attached hydrogens (primary N) is 1. The van der Waals surface area contributed by atoms with E-state index >= 15 is 0 Å². The largest absolute Gasteiger partial charge is 0.419 e. The van der Waals surface area contributed by atoms with E-state index in [9.17, 15) is 17.6 Å². The summed E-state index contributed by atoms with van der Waals surface area (Å²) in [6.07, 6.45) is -2.27. The summed E-state index contributed by atoms with van der Waals surface area (Å²) in [5.74, 6) is -1.11. The topological polar surface area (TPSA) is 26.0 Å². The van der Waals surface area contributed by atoms with Gasteiger partial charge in [-0.05, 0) is 42.9 Å². The van der Waals surface area contributed by atoms with Crippen LogP contribution in [0.2, 0.25) is 0 Å². The van der Waals surface area contributed by atoms with Gasteiger partial charge < -0.3 is 5.73 Å². The molecule has 2 N–H and O–H groups in total. The highest BCUT2D eigenvalue weighted by atomic mass is 19.4. The van der Waals surface area contributed by atoms with E-state index in [1.165, 1.54) is 6.07 Å². The summed E-state index contributed by atoms with van der Waals surface area (Å²) in [6.45, 7) is 0. The van der Waals surface area contributed by atoms with Gasteiger partial charge in [-0.3, -0.25) is 0 Å². The standard InChI is InChI=1S/C12H13F4N/c13-11-6-8(7-1-3-9(17)5-7)2-4-10(11)12(14,15)16/h2,4,6-7,9H,1,3,5,17H2. The monoisotopic (exact) mass is 247 g/mol. The first kappa shape index (κ1) is 12.4. The second-order valence-corrected chi connectivity index (χ2v) is 4.51. The minimum absolute atomic E-state index is 0.0744. The molecule has 1 aromatic carbocycles. The summed E-state index contributed by atoms with van der Waals surface area (Å²) < 4.78 is 50.4. The minimum Gasteiger partial charge on any atom is -0.328 e. The lowest BCUT2D eigenvalue weighted by Crippen LogP contribution is -2.14. The van der Waals surface area contributed by atoms with Crippen LogP contribution in [-0.4, -0.2) is 6.04 Å². The number of halogens is 4. The molecule has 0 amide bonds. The Balaban J connectivity index is 2.25. The molecule has 1 fully saturated rings. The average Bonchev–Trinajstić information content (AvgIpc) is 2.62. The van der Waals surface area contributed by atoms with Gasteiger partial charge >= 0.3 is 6.18 Å². The maximum Gasteiger partial charge on any atom is 0.419 e. The van der Waals surface area contributed by atoms with Gasteiger partial charge in [0, 0.05) is 6.04 Å². The molecule has 0 aromatic heterocycles. The first-order chi connectivity index (χ1) is 7.88. The molecule has 17 heavy (non-hydrogen) atoms. The van der Waals surface area contributed by atoms with Gasteiger partial charge in [-0.2, -0.15) is 13.2 Å². The van der Waals surface area contributed by atoms with Crippen molar-refractivity contribution < 1.29 is 17.6 Å². The van der Waals surface area contributed by atoms with E-state index in [-0.39, 0.29) is 12.0 Å². The highest BCUT2D eigenvalue weighted by Gasteiger charge is 2.34. The fourth-order valence-corrected chi connectivity index (χ4v) is 2.33. The zero-order valence-corrected chi connectivity index (χ0v) is 9.10. The normalized spacial score (nSPS) is 25.2. The Hall–Kier alpha value is -1.10. The van der Waals surface area contributed by atoms with Crippen LogP contribution < -0.4 is 5.73 Å². The van der Waals surface area contributed by atoms with Crippen LogP contribution in [0.1, 0.15) is 36.3 Å². The van der Waals surface area contributed by atoms with Crippen LogP contribution in [0.3, 0.4) is 0 Å². The maximum absolute atomic E-state index is 13.3. The molecule has 1 aliphatic carbocycles. The molecule has 1 nitrogen and oxygen atoms in total. The molecule has 1 aromatic rings. The average molecular weight is 247 g/mol. The fraction of sp³-hybridized carbons (Fsp3) is 0.500. The Morgan fingerprint density at radius 2 is 1.88 bits per heavy atom. The van der Waals surface area contributed by atoms with Gasteiger partial charge in [-0.25, -0.2) is 4.39 Å². The molecule has 2 atom stereocenters. The van der Waals surface area contributed by atoms with E-state index in [0.29, 0.717) is 12.0 Å². The quantitative estimate of drug-likeness (QED) is 0.756. The molecule has 0 heterocycles. The maximum atomic E-state index is 13.3. The van der Waals surface area contributed by atoms with Crippen molar-refractivity contribution in [3.8, 4) is 0 Å². The van der Waals surface area contributed by atoms with Gasteiger partial charge in [0.05, 0.1) is 5.56 Å². The Morgan fingerprint density at radius 1 is 1.18 bits per heavy atom. The molecule has 0 saturated heterocycles. The van der Waals surface area contributed by atoms with E-state index in [1.807, 2.05) is 0 Å². The number of alkyl halides is 3. The van der Waals surface area contributed by atoms with Crippen LogP contribution in [0.25, 0.3) is 0 Å². The van der Waals surface area contributed by atoms with Gasteiger partial charge in [-0.1, -0.05) is 6.07 Å². The summed E-state index contributed by atoms with van der Waals surface area (Å²) in [5, 5.41) is 0. The van der Waals surface area contributed by atoms with Crippen LogP contribution in [0.15, 0.2) is 18.2 Å². The van der Waals surface area contributed by atoms with E-state index in [1.54, 1.807) is 0 Å². The third kappa shape index (κ3) is 2.60. The van der Waals surface area contributed by atoms with Crippen molar-refractivity contribution in [2.45, 2.75) is 37.4 Å².